The van der Waals surface area contributed by atoms with Gasteiger partial charge in [-0.05, 0) is 51.2 Å². The van der Waals surface area contributed by atoms with Crippen LogP contribution in [0.5, 0.6) is 0 Å². The molecule has 0 spiro atoms. The Morgan fingerprint density at radius 1 is 1.31 bits per heavy atom. The van der Waals surface area contributed by atoms with E-state index in [1.54, 1.807) is 6.26 Å². The fraction of sp³-hybridized carbons (Fsp3) is 0.737. The van der Waals surface area contributed by atoms with Crippen LogP contribution in [0.4, 0.5) is 0 Å². The molecule has 3 heterocycles. The van der Waals surface area contributed by atoms with Gasteiger partial charge in [0.1, 0.15) is 12.3 Å². The van der Waals surface area contributed by atoms with Crippen molar-refractivity contribution in [3.05, 3.63) is 24.2 Å². The number of ether oxygens (including phenoxy) is 2. The SMILES string of the molecule is CCNC(=NCc1ccco1)N1CCC(OCC2CCCCO2)CC1.I. The number of nitrogens with zero attached hydrogens (tertiary/aromatic N) is 2. The van der Waals surface area contributed by atoms with Gasteiger partial charge in [-0.25, -0.2) is 4.99 Å². The highest BCUT2D eigenvalue weighted by Crippen LogP contribution is 2.18. The zero-order valence-corrected chi connectivity index (χ0v) is 18.0. The lowest BCUT2D eigenvalue weighted by Crippen LogP contribution is -2.47. The van der Waals surface area contributed by atoms with Crippen LogP contribution in [0.25, 0.3) is 0 Å². The van der Waals surface area contributed by atoms with E-state index < -0.39 is 0 Å². The molecule has 2 aliphatic heterocycles. The number of rotatable bonds is 6. The summed E-state index contributed by atoms with van der Waals surface area (Å²) in [4.78, 5) is 7.02. The first-order chi connectivity index (χ1) is 12.3. The molecule has 2 fully saturated rings. The molecule has 2 saturated heterocycles. The van der Waals surface area contributed by atoms with Crippen molar-refractivity contribution in [1.29, 1.82) is 0 Å². The van der Waals surface area contributed by atoms with Crippen LogP contribution in [-0.4, -0.2) is 55.9 Å². The minimum atomic E-state index is 0. The third-order valence-electron chi connectivity index (χ3n) is 4.83. The van der Waals surface area contributed by atoms with Crippen LogP contribution < -0.4 is 5.32 Å². The Hall–Kier alpha value is -0.800. The first kappa shape index (κ1) is 21.5. The van der Waals surface area contributed by atoms with Crippen molar-refractivity contribution in [2.45, 2.75) is 57.8 Å². The van der Waals surface area contributed by atoms with Crippen molar-refractivity contribution in [3.63, 3.8) is 0 Å². The summed E-state index contributed by atoms with van der Waals surface area (Å²) < 4.78 is 17.2. The van der Waals surface area contributed by atoms with Crippen LogP contribution in [0.3, 0.4) is 0 Å². The van der Waals surface area contributed by atoms with Crippen molar-refractivity contribution in [2.24, 2.45) is 4.99 Å². The molecule has 0 saturated carbocycles. The summed E-state index contributed by atoms with van der Waals surface area (Å²) in [5.41, 5.74) is 0. The first-order valence-electron chi connectivity index (χ1n) is 9.64. The van der Waals surface area contributed by atoms with E-state index in [-0.39, 0.29) is 24.0 Å². The Morgan fingerprint density at radius 3 is 2.81 bits per heavy atom. The smallest absolute Gasteiger partial charge is 0.194 e. The summed E-state index contributed by atoms with van der Waals surface area (Å²) in [6, 6.07) is 3.86. The van der Waals surface area contributed by atoms with Crippen LogP contribution in [0.1, 0.15) is 44.8 Å². The highest BCUT2D eigenvalue weighted by molar-refractivity contribution is 14.0. The maximum absolute atomic E-state index is 6.10. The van der Waals surface area contributed by atoms with Gasteiger partial charge in [0.15, 0.2) is 5.96 Å². The lowest BCUT2D eigenvalue weighted by molar-refractivity contribution is -0.0721. The Kier molecular flexibility index (Phi) is 9.77. The second-order valence-electron chi connectivity index (χ2n) is 6.76. The number of nitrogens with one attached hydrogen (secondary N) is 1. The standard InChI is InChI=1S/C19H31N3O3.HI/c1-2-20-19(21-14-17-7-5-13-23-17)22-10-8-16(9-11-22)25-15-18-6-3-4-12-24-18;/h5,7,13,16,18H,2-4,6,8-12,14-15H2,1H3,(H,20,21);1H. The lowest BCUT2D eigenvalue weighted by Gasteiger charge is -2.35. The molecule has 26 heavy (non-hydrogen) atoms. The molecule has 3 rings (SSSR count). The summed E-state index contributed by atoms with van der Waals surface area (Å²) in [5, 5.41) is 3.39. The summed E-state index contributed by atoms with van der Waals surface area (Å²) in [6.45, 7) is 7.13. The van der Waals surface area contributed by atoms with E-state index in [4.69, 9.17) is 18.9 Å². The minimum Gasteiger partial charge on any atom is -0.467 e. The Balaban J connectivity index is 0.00000243. The highest BCUT2D eigenvalue weighted by Gasteiger charge is 2.23. The molecular formula is C19H32IN3O3. The topological polar surface area (TPSA) is 59.2 Å². The van der Waals surface area contributed by atoms with Gasteiger partial charge in [0.2, 0.25) is 0 Å². The maximum Gasteiger partial charge on any atom is 0.194 e. The molecular weight excluding hydrogens is 445 g/mol. The highest BCUT2D eigenvalue weighted by atomic mass is 127. The van der Waals surface area contributed by atoms with Crippen LogP contribution >= 0.6 is 24.0 Å². The van der Waals surface area contributed by atoms with Crippen molar-refractivity contribution in [1.82, 2.24) is 10.2 Å². The van der Waals surface area contributed by atoms with Gasteiger partial charge >= 0.3 is 0 Å². The molecule has 0 radical (unpaired) electrons. The van der Waals surface area contributed by atoms with Gasteiger partial charge in [-0.3, -0.25) is 0 Å². The molecule has 6 nitrogen and oxygen atoms in total. The van der Waals surface area contributed by atoms with Gasteiger partial charge in [-0.2, -0.15) is 0 Å². The quantitative estimate of drug-likeness (QED) is 0.387. The molecule has 1 N–H and O–H groups in total. The van der Waals surface area contributed by atoms with Crippen molar-refractivity contribution in [3.8, 4) is 0 Å². The third kappa shape index (κ3) is 6.74. The fourth-order valence-electron chi connectivity index (χ4n) is 3.40. The molecule has 1 aromatic heterocycles. The minimum absolute atomic E-state index is 0. The molecule has 1 unspecified atom stereocenters. The van der Waals surface area contributed by atoms with E-state index in [2.05, 4.69) is 17.1 Å². The number of furan rings is 1. The number of halogens is 1. The van der Waals surface area contributed by atoms with Crippen LogP contribution in [0.2, 0.25) is 0 Å². The van der Waals surface area contributed by atoms with Crippen LogP contribution in [-0.2, 0) is 16.0 Å². The monoisotopic (exact) mass is 477 g/mol. The first-order valence-corrected chi connectivity index (χ1v) is 9.64. The molecule has 148 valence electrons. The Bertz CT molecular complexity index is 510. The zero-order valence-electron chi connectivity index (χ0n) is 15.7. The predicted octanol–water partition coefficient (Wildman–Crippen LogP) is 3.41. The summed E-state index contributed by atoms with van der Waals surface area (Å²) in [5.74, 6) is 1.86. The van der Waals surface area contributed by atoms with Gasteiger partial charge in [0, 0.05) is 26.2 Å². The molecule has 0 aromatic carbocycles. The average Bonchev–Trinajstić information content (AvgIpc) is 3.18. The second kappa shape index (κ2) is 11.8. The molecule has 7 heteroatoms. The van der Waals surface area contributed by atoms with E-state index in [0.29, 0.717) is 18.8 Å². The van der Waals surface area contributed by atoms with Crippen LogP contribution in [0, 0.1) is 0 Å². The van der Waals surface area contributed by atoms with Gasteiger partial charge in [0.05, 0.1) is 25.1 Å². The molecule has 1 aromatic rings. The van der Waals surface area contributed by atoms with E-state index in [1.807, 2.05) is 12.1 Å². The molecule has 0 amide bonds. The lowest BCUT2D eigenvalue weighted by atomic mass is 10.1. The number of likely N-dealkylation sites (tertiary alicyclic amines) is 1. The normalized spacial score (nSPS) is 22.1. The number of guanidine groups is 1. The van der Waals surface area contributed by atoms with Gasteiger partial charge in [0.25, 0.3) is 0 Å². The maximum atomic E-state index is 6.10. The van der Waals surface area contributed by atoms with E-state index in [1.165, 1.54) is 12.8 Å². The fourth-order valence-corrected chi connectivity index (χ4v) is 3.40. The Morgan fingerprint density at radius 2 is 2.15 bits per heavy atom. The number of aliphatic imine (C=N–C) groups is 1. The van der Waals surface area contributed by atoms with Crippen molar-refractivity contribution < 1.29 is 13.9 Å². The van der Waals surface area contributed by atoms with E-state index >= 15 is 0 Å². The Labute approximate surface area is 173 Å². The predicted molar refractivity (Wildman–Crippen MR) is 113 cm³/mol. The van der Waals surface area contributed by atoms with Gasteiger partial charge in [-0.1, -0.05) is 0 Å². The van der Waals surface area contributed by atoms with Crippen molar-refractivity contribution >= 4 is 29.9 Å². The number of hydrogen-bond acceptors (Lipinski definition) is 4. The zero-order chi connectivity index (χ0) is 17.3. The second-order valence-corrected chi connectivity index (χ2v) is 6.76. The number of hydrogen-bond donors (Lipinski definition) is 1. The van der Waals surface area contributed by atoms with E-state index in [0.717, 1.165) is 63.8 Å². The molecule has 0 bridgehead atoms. The summed E-state index contributed by atoms with van der Waals surface area (Å²) in [6.07, 6.45) is 8.02. The third-order valence-corrected chi connectivity index (χ3v) is 4.83. The van der Waals surface area contributed by atoms with Gasteiger partial charge < -0.3 is 24.1 Å². The van der Waals surface area contributed by atoms with Crippen LogP contribution in [0.15, 0.2) is 27.8 Å². The largest absolute Gasteiger partial charge is 0.467 e. The number of piperidine rings is 1. The molecule has 0 aliphatic carbocycles. The average molecular weight is 477 g/mol. The van der Waals surface area contributed by atoms with Gasteiger partial charge in [-0.15, -0.1) is 24.0 Å². The van der Waals surface area contributed by atoms with E-state index in [9.17, 15) is 0 Å². The van der Waals surface area contributed by atoms with Crippen molar-refractivity contribution in [2.75, 3.05) is 32.8 Å². The summed E-state index contributed by atoms with van der Waals surface area (Å²) in [7, 11) is 0. The molecule has 2 aliphatic rings. The summed E-state index contributed by atoms with van der Waals surface area (Å²) >= 11 is 0. The molecule has 1 atom stereocenters.